The maximum Gasteiger partial charge on any atom is 0.417 e. The largest absolute Gasteiger partial charge is 0.423 e. The second-order valence-electron chi connectivity index (χ2n) is 5.59. The van der Waals surface area contributed by atoms with Crippen LogP contribution in [0.2, 0.25) is 0 Å². The minimum absolute atomic E-state index is 0.120. The molecule has 0 saturated heterocycles. The zero-order valence-electron chi connectivity index (χ0n) is 12.6. The summed E-state index contributed by atoms with van der Waals surface area (Å²) in [5.41, 5.74) is 0.0369. The van der Waals surface area contributed by atoms with Crippen molar-refractivity contribution in [2.45, 2.75) is 6.18 Å². The van der Waals surface area contributed by atoms with E-state index < -0.39 is 17.4 Å². The molecule has 2 aromatic carbocycles. The van der Waals surface area contributed by atoms with Gasteiger partial charge < -0.3 is 14.7 Å². The van der Waals surface area contributed by atoms with Gasteiger partial charge in [0.2, 0.25) is 0 Å². The number of halogens is 3. The fraction of sp³-hybridized carbons (Fsp3) is 0.0556. The summed E-state index contributed by atoms with van der Waals surface area (Å²) >= 11 is 0. The van der Waals surface area contributed by atoms with Crippen LogP contribution >= 0.6 is 0 Å². The number of nitrogens with one attached hydrogen (secondary N) is 2. The molecule has 0 atom stereocenters. The van der Waals surface area contributed by atoms with Crippen molar-refractivity contribution in [3.8, 4) is 0 Å². The zero-order chi connectivity index (χ0) is 17.6. The van der Waals surface area contributed by atoms with Crippen LogP contribution in [0.3, 0.4) is 0 Å². The fourth-order valence-corrected chi connectivity index (χ4v) is 2.77. The molecule has 0 radical (unpaired) electrons. The summed E-state index contributed by atoms with van der Waals surface area (Å²) in [4.78, 5) is 14.5. The molecule has 4 nitrogen and oxygen atoms in total. The predicted octanol–water partition coefficient (Wildman–Crippen LogP) is 5.04. The van der Waals surface area contributed by atoms with Crippen molar-refractivity contribution in [3.05, 3.63) is 70.7 Å². The number of aromatic amines is 1. The summed E-state index contributed by atoms with van der Waals surface area (Å²) in [6.45, 7) is 0. The molecule has 0 aliphatic heterocycles. The molecule has 0 spiro atoms. The molecule has 126 valence electrons. The number of benzene rings is 2. The van der Waals surface area contributed by atoms with Gasteiger partial charge in [0.1, 0.15) is 5.58 Å². The average Bonchev–Trinajstić information content (AvgIpc) is 3.00. The smallest absolute Gasteiger partial charge is 0.417 e. The molecule has 25 heavy (non-hydrogen) atoms. The minimum Gasteiger partial charge on any atom is -0.423 e. The second kappa shape index (κ2) is 5.41. The van der Waals surface area contributed by atoms with Crippen LogP contribution in [-0.2, 0) is 6.18 Å². The highest BCUT2D eigenvalue weighted by atomic mass is 19.4. The highest BCUT2D eigenvalue weighted by molar-refractivity contribution is 5.87. The number of H-pyrrole nitrogens is 1. The Bertz CT molecular complexity index is 1140. The first kappa shape index (κ1) is 15.3. The lowest BCUT2D eigenvalue weighted by Crippen LogP contribution is -2.11. The second-order valence-corrected chi connectivity index (χ2v) is 5.59. The maximum absolute atomic E-state index is 13.1. The van der Waals surface area contributed by atoms with Gasteiger partial charge in [0.05, 0.1) is 5.56 Å². The van der Waals surface area contributed by atoms with Crippen molar-refractivity contribution in [2.75, 3.05) is 5.32 Å². The van der Waals surface area contributed by atoms with Crippen LogP contribution in [0.1, 0.15) is 5.56 Å². The van der Waals surface area contributed by atoms with Crippen LogP contribution in [0.5, 0.6) is 0 Å². The Labute approximate surface area is 138 Å². The van der Waals surface area contributed by atoms with Crippen molar-refractivity contribution < 1.29 is 17.6 Å². The van der Waals surface area contributed by atoms with E-state index in [0.29, 0.717) is 11.8 Å². The summed E-state index contributed by atoms with van der Waals surface area (Å²) in [5, 5.41) is 3.98. The third-order valence-electron chi connectivity index (χ3n) is 3.89. The Morgan fingerprint density at radius 3 is 2.52 bits per heavy atom. The molecule has 0 amide bonds. The Morgan fingerprint density at radius 2 is 1.72 bits per heavy atom. The molecular formula is C18H11F3N2O2. The number of alkyl halides is 3. The van der Waals surface area contributed by atoms with E-state index in [4.69, 9.17) is 4.42 Å². The molecule has 2 N–H and O–H groups in total. The van der Waals surface area contributed by atoms with E-state index in [-0.39, 0.29) is 11.0 Å². The van der Waals surface area contributed by atoms with E-state index in [1.165, 1.54) is 18.2 Å². The Kier molecular flexibility index (Phi) is 3.31. The van der Waals surface area contributed by atoms with Crippen molar-refractivity contribution in [2.24, 2.45) is 0 Å². The van der Waals surface area contributed by atoms with Crippen LogP contribution in [0.15, 0.2) is 63.9 Å². The topological polar surface area (TPSA) is 58.0 Å². The molecule has 0 fully saturated rings. The number of aromatic nitrogens is 1. The van der Waals surface area contributed by atoms with Gasteiger partial charge in [0, 0.05) is 40.6 Å². The number of fused-ring (bicyclic) bond motifs is 2. The van der Waals surface area contributed by atoms with Crippen LogP contribution in [0.25, 0.3) is 21.9 Å². The lowest BCUT2D eigenvalue weighted by atomic mass is 10.1. The Hall–Kier alpha value is -3.22. The standard InChI is InChI=1S/C18H11F3N2O2/c19-18(20,21)14-9-17(24)25-16-8-12(3-4-13(14)16)23-11-2-1-10-5-6-22-15(10)7-11/h1-9,22-23H. The van der Waals surface area contributed by atoms with Crippen LogP contribution in [0, 0.1) is 0 Å². The number of rotatable bonds is 2. The predicted molar refractivity (Wildman–Crippen MR) is 89.1 cm³/mol. The lowest BCUT2D eigenvalue weighted by Gasteiger charge is -2.11. The summed E-state index contributed by atoms with van der Waals surface area (Å²) in [6, 6.07) is 12.2. The highest BCUT2D eigenvalue weighted by Crippen LogP contribution is 2.35. The van der Waals surface area contributed by atoms with Gasteiger partial charge in [-0.15, -0.1) is 0 Å². The van der Waals surface area contributed by atoms with Gasteiger partial charge >= 0.3 is 11.8 Å². The van der Waals surface area contributed by atoms with Crippen LogP contribution < -0.4 is 10.9 Å². The quantitative estimate of drug-likeness (QED) is 0.501. The molecule has 2 aromatic heterocycles. The lowest BCUT2D eigenvalue weighted by molar-refractivity contribution is -0.136. The number of anilines is 2. The molecule has 4 rings (SSSR count). The Balaban J connectivity index is 1.77. The van der Waals surface area contributed by atoms with Gasteiger partial charge in [-0.25, -0.2) is 4.79 Å². The highest BCUT2D eigenvalue weighted by Gasteiger charge is 2.33. The van der Waals surface area contributed by atoms with Crippen molar-refractivity contribution in [3.63, 3.8) is 0 Å². The SMILES string of the molecule is O=c1cc(C(F)(F)F)c2ccc(Nc3ccc4cc[nH]c4c3)cc2o1. The minimum atomic E-state index is -4.62. The van der Waals surface area contributed by atoms with Gasteiger partial charge in [-0.3, -0.25) is 0 Å². The van der Waals surface area contributed by atoms with E-state index in [1.54, 1.807) is 0 Å². The van der Waals surface area contributed by atoms with Crippen LogP contribution in [-0.4, -0.2) is 4.98 Å². The first-order valence-corrected chi connectivity index (χ1v) is 7.39. The fourth-order valence-electron chi connectivity index (χ4n) is 2.77. The summed E-state index contributed by atoms with van der Waals surface area (Å²) in [5.74, 6) is 0. The van der Waals surface area contributed by atoms with Crippen molar-refractivity contribution in [1.29, 1.82) is 0 Å². The molecule has 0 aliphatic carbocycles. The normalized spacial score (nSPS) is 12.0. The summed E-state index contributed by atoms with van der Waals surface area (Å²) in [6.07, 6.45) is -2.81. The van der Waals surface area contributed by atoms with Gasteiger partial charge in [0.25, 0.3) is 0 Å². The number of hydrogen-bond acceptors (Lipinski definition) is 3. The third kappa shape index (κ3) is 2.84. The average molecular weight is 344 g/mol. The molecule has 0 bridgehead atoms. The molecule has 2 heterocycles. The molecule has 7 heteroatoms. The van der Waals surface area contributed by atoms with E-state index in [2.05, 4.69) is 10.3 Å². The van der Waals surface area contributed by atoms with Gasteiger partial charge in [-0.1, -0.05) is 6.07 Å². The maximum atomic E-state index is 13.1. The first-order valence-electron chi connectivity index (χ1n) is 7.39. The molecule has 0 unspecified atom stereocenters. The zero-order valence-corrected chi connectivity index (χ0v) is 12.6. The van der Waals surface area contributed by atoms with Gasteiger partial charge in [0.15, 0.2) is 0 Å². The monoisotopic (exact) mass is 344 g/mol. The van der Waals surface area contributed by atoms with Gasteiger partial charge in [-0.05, 0) is 35.7 Å². The van der Waals surface area contributed by atoms with E-state index in [0.717, 1.165) is 16.6 Å². The summed E-state index contributed by atoms with van der Waals surface area (Å²) in [7, 11) is 0. The van der Waals surface area contributed by atoms with Crippen molar-refractivity contribution in [1.82, 2.24) is 4.98 Å². The molecule has 0 saturated carbocycles. The summed E-state index contributed by atoms with van der Waals surface area (Å²) < 4.78 is 44.1. The molecular weight excluding hydrogens is 333 g/mol. The van der Waals surface area contributed by atoms with E-state index >= 15 is 0 Å². The van der Waals surface area contributed by atoms with Crippen LogP contribution in [0.4, 0.5) is 24.5 Å². The first-order chi connectivity index (χ1) is 11.9. The Morgan fingerprint density at radius 1 is 0.960 bits per heavy atom. The number of hydrogen-bond donors (Lipinski definition) is 2. The van der Waals surface area contributed by atoms with E-state index in [9.17, 15) is 18.0 Å². The van der Waals surface area contributed by atoms with Crippen molar-refractivity contribution >= 4 is 33.2 Å². The molecule has 0 aliphatic rings. The molecule has 4 aromatic rings. The van der Waals surface area contributed by atoms with Gasteiger partial charge in [-0.2, -0.15) is 13.2 Å². The third-order valence-corrected chi connectivity index (χ3v) is 3.89. The van der Waals surface area contributed by atoms with E-state index in [1.807, 2.05) is 30.5 Å².